The molecular weight excluding hydrogens is 676 g/mol. The van der Waals surface area contributed by atoms with Crippen LogP contribution in [0.2, 0.25) is 0 Å². The number of nitrogens with two attached hydrogens (primary N) is 1. The van der Waals surface area contributed by atoms with Gasteiger partial charge in [-0.3, -0.25) is 4.55 Å². The summed E-state index contributed by atoms with van der Waals surface area (Å²) < 4.78 is 40.0. The zero-order valence-electron chi connectivity index (χ0n) is 25.5. The summed E-state index contributed by atoms with van der Waals surface area (Å²) in [5.41, 5.74) is 5.67. The number of benzene rings is 5. The van der Waals surface area contributed by atoms with E-state index in [1.54, 1.807) is 6.07 Å². The lowest BCUT2D eigenvalue weighted by molar-refractivity contribution is 0.0682. The maximum atomic E-state index is 12.3. The quantitative estimate of drug-likeness (QED) is 0.0413. The van der Waals surface area contributed by atoms with Crippen LogP contribution in [-0.2, 0) is 10.1 Å². The van der Waals surface area contributed by atoms with Crippen LogP contribution in [0.1, 0.15) is 31.1 Å². The number of methoxy groups -OCH3 is 1. The van der Waals surface area contributed by atoms with Gasteiger partial charge in [0.05, 0.1) is 35.2 Å². The molecule has 0 atom stereocenters. The molecule has 5 aromatic rings. The summed E-state index contributed by atoms with van der Waals surface area (Å²) in [7, 11) is -3.67. The van der Waals surface area contributed by atoms with E-state index >= 15 is 0 Å². The lowest BCUT2D eigenvalue weighted by Crippen LogP contribution is -2.01. The van der Waals surface area contributed by atoms with Crippen molar-refractivity contribution >= 4 is 78.6 Å². The number of carboxylic acids is 3. The number of aromatic hydroxyl groups is 1. The van der Waals surface area contributed by atoms with Crippen LogP contribution in [0.5, 0.6) is 11.5 Å². The number of azo groups is 2. The highest BCUT2D eigenvalue weighted by Gasteiger charge is 2.23. The van der Waals surface area contributed by atoms with Crippen LogP contribution in [-0.4, -0.2) is 58.4 Å². The molecule has 0 bridgehead atoms. The molecule has 0 fully saturated rings. The Morgan fingerprint density at radius 2 is 1.32 bits per heavy atom. The first-order valence-electron chi connectivity index (χ1n) is 13.9. The molecule has 0 aliphatic rings. The Labute approximate surface area is 281 Å². The highest BCUT2D eigenvalue weighted by Crippen LogP contribution is 2.44. The largest absolute Gasteiger partial charge is 0.505 e. The fourth-order valence-corrected chi connectivity index (χ4v) is 5.27. The third kappa shape index (κ3) is 7.46. The Hall–Kier alpha value is -6.92. The van der Waals surface area contributed by atoms with Crippen LogP contribution >= 0.6 is 0 Å². The number of fused-ring (bicyclic) bond motifs is 1. The first-order chi connectivity index (χ1) is 23.6. The molecule has 0 saturated heterocycles. The molecular formula is C32H24N6O11S. The van der Waals surface area contributed by atoms with E-state index in [9.17, 15) is 42.7 Å². The lowest BCUT2D eigenvalue weighted by Gasteiger charge is -2.12. The van der Waals surface area contributed by atoms with E-state index in [2.05, 4.69) is 25.8 Å². The number of phenols is 1. The van der Waals surface area contributed by atoms with Gasteiger partial charge in [0.1, 0.15) is 27.7 Å². The molecule has 0 aliphatic carbocycles. The average Bonchev–Trinajstić information content (AvgIpc) is 3.07. The Morgan fingerprint density at radius 1 is 0.720 bits per heavy atom. The number of phenolic OH excluding ortho intramolecular Hbond substituents is 1. The molecule has 0 saturated carbocycles. The van der Waals surface area contributed by atoms with Crippen molar-refractivity contribution in [1.29, 1.82) is 0 Å². The number of ether oxygens (including phenoxy) is 1. The van der Waals surface area contributed by atoms with Crippen molar-refractivity contribution in [3.8, 4) is 11.5 Å². The maximum absolute atomic E-state index is 12.3. The molecule has 0 amide bonds. The molecule has 18 heteroatoms. The van der Waals surface area contributed by atoms with E-state index in [-0.39, 0.29) is 56.0 Å². The van der Waals surface area contributed by atoms with Crippen molar-refractivity contribution in [2.45, 2.75) is 4.90 Å². The highest BCUT2D eigenvalue weighted by molar-refractivity contribution is 7.86. The Morgan fingerprint density at radius 3 is 1.90 bits per heavy atom. The Balaban J connectivity index is 1.51. The fraction of sp³-hybridized carbons (Fsp3) is 0.0312. The van der Waals surface area contributed by atoms with E-state index < -0.39 is 44.4 Å². The monoisotopic (exact) mass is 700 g/mol. The van der Waals surface area contributed by atoms with E-state index in [0.29, 0.717) is 11.4 Å². The molecule has 254 valence electrons. The molecule has 8 N–H and O–H groups in total. The normalized spacial score (nSPS) is 11.6. The first kappa shape index (κ1) is 34.4. The molecule has 5 rings (SSSR count). The summed E-state index contributed by atoms with van der Waals surface area (Å²) in [6.45, 7) is 0. The van der Waals surface area contributed by atoms with Gasteiger partial charge >= 0.3 is 17.9 Å². The van der Waals surface area contributed by atoms with Gasteiger partial charge in [0, 0.05) is 22.8 Å². The molecule has 5 aromatic carbocycles. The third-order valence-electron chi connectivity index (χ3n) is 7.02. The number of nitrogens with one attached hydrogen (secondary N) is 1. The van der Waals surface area contributed by atoms with Crippen LogP contribution in [0.15, 0.2) is 104 Å². The van der Waals surface area contributed by atoms with Gasteiger partial charge < -0.3 is 36.2 Å². The second-order valence-electron chi connectivity index (χ2n) is 10.4. The predicted octanol–water partition coefficient (Wildman–Crippen LogP) is 7.05. The number of aromatic carboxylic acids is 3. The molecule has 0 heterocycles. The van der Waals surface area contributed by atoms with Crippen molar-refractivity contribution in [2.75, 3.05) is 18.2 Å². The zero-order chi connectivity index (χ0) is 36.3. The minimum atomic E-state index is -4.94. The Kier molecular flexibility index (Phi) is 9.41. The fourth-order valence-electron chi connectivity index (χ4n) is 4.61. The maximum Gasteiger partial charge on any atom is 0.335 e. The molecule has 0 unspecified atom stereocenters. The second-order valence-corrected chi connectivity index (χ2v) is 11.7. The molecule has 17 nitrogen and oxygen atoms in total. The number of anilines is 3. The Bertz CT molecular complexity index is 2350. The lowest BCUT2D eigenvalue weighted by atomic mass is 10.1. The van der Waals surface area contributed by atoms with Gasteiger partial charge in [-0.05, 0) is 72.1 Å². The molecule has 0 radical (unpaired) electrons. The van der Waals surface area contributed by atoms with E-state index in [4.69, 9.17) is 15.6 Å². The van der Waals surface area contributed by atoms with Crippen molar-refractivity contribution in [3.63, 3.8) is 0 Å². The van der Waals surface area contributed by atoms with Crippen LogP contribution in [0.4, 0.5) is 39.8 Å². The predicted molar refractivity (Wildman–Crippen MR) is 178 cm³/mol. The summed E-state index contributed by atoms with van der Waals surface area (Å²) >= 11 is 0. The summed E-state index contributed by atoms with van der Waals surface area (Å²) in [6, 6.07) is 17.2. The molecule has 0 aliphatic heterocycles. The summed E-state index contributed by atoms with van der Waals surface area (Å²) in [5, 5.41) is 58.1. The van der Waals surface area contributed by atoms with Gasteiger partial charge in [-0.15, -0.1) is 15.3 Å². The van der Waals surface area contributed by atoms with Crippen molar-refractivity contribution in [3.05, 3.63) is 95.6 Å². The average molecular weight is 701 g/mol. The van der Waals surface area contributed by atoms with Gasteiger partial charge in [0.2, 0.25) is 0 Å². The number of carboxylic acid groups (broad SMARTS) is 3. The van der Waals surface area contributed by atoms with Crippen LogP contribution in [0, 0.1) is 0 Å². The van der Waals surface area contributed by atoms with Crippen LogP contribution in [0.25, 0.3) is 10.8 Å². The highest BCUT2D eigenvalue weighted by atomic mass is 32.2. The number of hydrogen-bond donors (Lipinski definition) is 7. The molecule has 0 aromatic heterocycles. The number of carbonyl (C=O) groups is 3. The van der Waals surface area contributed by atoms with E-state index in [1.165, 1.54) is 55.6 Å². The molecule has 50 heavy (non-hydrogen) atoms. The van der Waals surface area contributed by atoms with Crippen molar-refractivity contribution in [1.82, 2.24) is 0 Å². The van der Waals surface area contributed by atoms with Gasteiger partial charge in [0.15, 0.2) is 5.75 Å². The van der Waals surface area contributed by atoms with E-state index in [0.717, 1.165) is 24.3 Å². The summed E-state index contributed by atoms with van der Waals surface area (Å²) in [6.07, 6.45) is 0. The number of nitrogen functional groups attached to an aromatic ring is 1. The van der Waals surface area contributed by atoms with Crippen LogP contribution in [0.3, 0.4) is 0 Å². The minimum absolute atomic E-state index is 0.00297. The van der Waals surface area contributed by atoms with E-state index in [1.807, 2.05) is 0 Å². The standard InChI is InChI=1S/C32H24N6O11S/c1-49-26-14-24(36-35-21-9-17(31(42)43)8-18(10-21)32(44)45)23(33)13-25(26)37-38-28-27(50(46,47)48)11-16-4-7-20(12-22(16)29(28)39)34-19-5-2-15(3-6-19)30(40)41/h2-14,34,39H,33H2,1H3,(H,40,41)(H,42,43)(H,44,45)(H,46,47,48). The number of rotatable bonds is 11. The smallest absolute Gasteiger partial charge is 0.335 e. The summed E-state index contributed by atoms with van der Waals surface area (Å²) in [5.74, 6) is -4.50. The van der Waals surface area contributed by atoms with Gasteiger partial charge in [-0.25, -0.2) is 14.4 Å². The summed E-state index contributed by atoms with van der Waals surface area (Å²) in [4.78, 5) is 33.2. The SMILES string of the molecule is COc1cc(N=Nc2cc(C(=O)O)cc(C(=O)O)c2)c(N)cc1N=Nc1c(S(=O)(=O)O)cc2ccc(Nc3ccc(C(=O)O)cc3)cc2c1O. The van der Waals surface area contributed by atoms with Crippen molar-refractivity contribution in [2.24, 2.45) is 20.5 Å². The number of nitrogens with zero attached hydrogens (tertiary/aromatic N) is 4. The third-order valence-corrected chi connectivity index (χ3v) is 7.89. The minimum Gasteiger partial charge on any atom is -0.505 e. The topological polar surface area (TPSA) is 283 Å². The van der Waals surface area contributed by atoms with Gasteiger partial charge in [-0.1, -0.05) is 6.07 Å². The first-order valence-corrected chi connectivity index (χ1v) is 15.4. The molecule has 0 spiro atoms. The van der Waals surface area contributed by atoms with Gasteiger partial charge in [0.25, 0.3) is 10.1 Å². The van der Waals surface area contributed by atoms with Crippen LogP contribution < -0.4 is 15.8 Å². The van der Waals surface area contributed by atoms with Crippen molar-refractivity contribution < 1.29 is 52.5 Å². The second kappa shape index (κ2) is 13.7. The van der Waals surface area contributed by atoms with Gasteiger partial charge in [-0.2, -0.15) is 13.5 Å². The zero-order valence-corrected chi connectivity index (χ0v) is 26.3. The number of hydrogen-bond acceptors (Lipinski definition) is 13.